The van der Waals surface area contributed by atoms with Crippen molar-refractivity contribution in [1.82, 2.24) is 10.3 Å². The van der Waals surface area contributed by atoms with Crippen molar-refractivity contribution >= 4 is 17.4 Å². The summed E-state index contributed by atoms with van der Waals surface area (Å²) < 4.78 is 0. The maximum Gasteiger partial charge on any atom is 0.225 e. The summed E-state index contributed by atoms with van der Waals surface area (Å²) in [7, 11) is 0. The van der Waals surface area contributed by atoms with Crippen LogP contribution in [-0.2, 0) is 4.79 Å². The molecule has 0 saturated carbocycles. The second-order valence-corrected chi connectivity index (χ2v) is 4.98. The Morgan fingerprint density at radius 1 is 1.30 bits per heavy atom. The van der Waals surface area contributed by atoms with Crippen LogP contribution in [0.2, 0.25) is 0 Å². The van der Waals surface area contributed by atoms with E-state index in [-0.39, 0.29) is 5.91 Å². The molecule has 0 aliphatic heterocycles. The minimum atomic E-state index is 0.00976. The van der Waals surface area contributed by atoms with Crippen molar-refractivity contribution < 1.29 is 4.79 Å². The Labute approximate surface area is 121 Å². The second kappa shape index (κ2) is 8.53. The van der Waals surface area contributed by atoms with E-state index in [0.717, 1.165) is 24.6 Å². The molecule has 0 unspecified atom stereocenters. The van der Waals surface area contributed by atoms with Crippen LogP contribution in [0.1, 0.15) is 34.1 Å². The maximum atomic E-state index is 11.7. The molecular weight excluding hydrogens is 252 g/mol. The molecule has 1 aromatic rings. The Bertz CT molecular complexity index is 399. The molecular formula is C15H26N4O. The number of nitrogens with one attached hydrogen (secondary N) is 2. The molecule has 1 rings (SSSR count). The molecule has 0 aromatic carbocycles. The number of amides is 1. The van der Waals surface area contributed by atoms with Crippen LogP contribution in [0.3, 0.4) is 0 Å². The molecule has 0 fully saturated rings. The summed E-state index contributed by atoms with van der Waals surface area (Å²) >= 11 is 0. The fraction of sp³-hybridized carbons (Fsp3) is 0.600. The number of hydrogen-bond acceptors (Lipinski definition) is 4. The molecule has 0 bridgehead atoms. The molecule has 5 nitrogen and oxygen atoms in total. The molecule has 5 heteroatoms. The third-order valence-corrected chi connectivity index (χ3v) is 3.02. The van der Waals surface area contributed by atoms with Crippen LogP contribution < -0.4 is 15.5 Å². The SMILES string of the molecule is CCN(CC)c1ccc(NC(=O)CCNC(C)C)cn1. The average molecular weight is 278 g/mol. The van der Waals surface area contributed by atoms with E-state index in [9.17, 15) is 4.79 Å². The maximum absolute atomic E-state index is 11.7. The Morgan fingerprint density at radius 2 is 2.00 bits per heavy atom. The first-order chi connectivity index (χ1) is 9.56. The molecule has 2 N–H and O–H groups in total. The van der Waals surface area contributed by atoms with Gasteiger partial charge in [-0.1, -0.05) is 13.8 Å². The minimum absolute atomic E-state index is 0.00976. The number of nitrogens with zero attached hydrogens (tertiary/aromatic N) is 2. The van der Waals surface area contributed by atoms with Gasteiger partial charge in [-0.15, -0.1) is 0 Å². The van der Waals surface area contributed by atoms with E-state index in [2.05, 4.69) is 48.2 Å². The lowest BCUT2D eigenvalue weighted by atomic mass is 10.3. The fourth-order valence-corrected chi connectivity index (χ4v) is 1.89. The Balaban J connectivity index is 2.46. The van der Waals surface area contributed by atoms with Crippen LogP contribution >= 0.6 is 0 Å². The molecule has 112 valence electrons. The van der Waals surface area contributed by atoms with Crippen LogP contribution in [-0.4, -0.2) is 36.6 Å². The summed E-state index contributed by atoms with van der Waals surface area (Å²) in [5.41, 5.74) is 0.746. The number of anilines is 2. The zero-order chi connectivity index (χ0) is 15.0. The van der Waals surface area contributed by atoms with Gasteiger partial charge in [0.05, 0.1) is 11.9 Å². The zero-order valence-electron chi connectivity index (χ0n) is 12.9. The number of carbonyl (C=O) groups excluding carboxylic acids is 1. The van der Waals surface area contributed by atoms with Crippen LogP contribution in [0.4, 0.5) is 11.5 Å². The highest BCUT2D eigenvalue weighted by Gasteiger charge is 2.05. The first-order valence-corrected chi connectivity index (χ1v) is 7.31. The van der Waals surface area contributed by atoms with Gasteiger partial charge >= 0.3 is 0 Å². The molecule has 20 heavy (non-hydrogen) atoms. The highest BCUT2D eigenvalue weighted by Crippen LogP contribution is 2.13. The van der Waals surface area contributed by atoms with Gasteiger partial charge in [0.25, 0.3) is 0 Å². The van der Waals surface area contributed by atoms with Crippen molar-refractivity contribution in [2.75, 3.05) is 29.9 Å². The van der Waals surface area contributed by atoms with Gasteiger partial charge in [0.2, 0.25) is 5.91 Å². The standard InChI is InChI=1S/C15H26N4O/c1-5-19(6-2)14-8-7-13(11-17-14)18-15(20)9-10-16-12(3)4/h7-8,11-12,16H,5-6,9-10H2,1-4H3,(H,18,20). The monoisotopic (exact) mass is 278 g/mol. The number of pyridine rings is 1. The zero-order valence-corrected chi connectivity index (χ0v) is 12.9. The predicted molar refractivity (Wildman–Crippen MR) is 84.2 cm³/mol. The van der Waals surface area contributed by atoms with E-state index >= 15 is 0 Å². The number of carbonyl (C=O) groups is 1. The summed E-state index contributed by atoms with van der Waals surface area (Å²) in [5.74, 6) is 0.949. The second-order valence-electron chi connectivity index (χ2n) is 4.98. The topological polar surface area (TPSA) is 57.3 Å². The largest absolute Gasteiger partial charge is 0.357 e. The van der Waals surface area contributed by atoms with Gasteiger partial charge in [0.15, 0.2) is 0 Å². The molecule has 0 atom stereocenters. The average Bonchev–Trinajstić information content (AvgIpc) is 2.41. The van der Waals surface area contributed by atoms with Gasteiger partial charge in [0.1, 0.15) is 5.82 Å². The predicted octanol–water partition coefficient (Wildman–Crippen LogP) is 2.25. The van der Waals surface area contributed by atoms with Crippen LogP contribution in [0.5, 0.6) is 0 Å². The number of aromatic nitrogens is 1. The normalized spacial score (nSPS) is 10.7. The van der Waals surface area contributed by atoms with Gasteiger partial charge in [-0.2, -0.15) is 0 Å². The van der Waals surface area contributed by atoms with E-state index in [1.165, 1.54) is 0 Å². The van der Waals surface area contributed by atoms with E-state index in [4.69, 9.17) is 0 Å². The molecule has 0 aliphatic rings. The first kappa shape index (κ1) is 16.4. The summed E-state index contributed by atoms with van der Waals surface area (Å²) in [6.07, 6.45) is 2.18. The van der Waals surface area contributed by atoms with E-state index in [0.29, 0.717) is 19.0 Å². The van der Waals surface area contributed by atoms with Gasteiger partial charge in [-0.25, -0.2) is 4.98 Å². The smallest absolute Gasteiger partial charge is 0.225 e. The molecule has 0 aliphatic carbocycles. The van der Waals surface area contributed by atoms with Crippen molar-refractivity contribution in [1.29, 1.82) is 0 Å². The van der Waals surface area contributed by atoms with Crippen molar-refractivity contribution in [3.63, 3.8) is 0 Å². The molecule has 0 spiro atoms. The summed E-state index contributed by atoms with van der Waals surface area (Å²) in [6.45, 7) is 10.9. The molecule has 1 aromatic heterocycles. The Kier molecular flexibility index (Phi) is 7.01. The van der Waals surface area contributed by atoms with Crippen molar-refractivity contribution in [2.24, 2.45) is 0 Å². The van der Waals surface area contributed by atoms with E-state index in [1.54, 1.807) is 6.20 Å². The lowest BCUT2D eigenvalue weighted by Crippen LogP contribution is -2.27. The number of rotatable bonds is 8. The first-order valence-electron chi connectivity index (χ1n) is 7.31. The summed E-state index contributed by atoms with van der Waals surface area (Å²) in [6, 6.07) is 4.24. The van der Waals surface area contributed by atoms with Crippen LogP contribution in [0.25, 0.3) is 0 Å². The van der Waals surface area contributed by atoms with Gasteiger partial charge < -0.3 is 15.5 Å². The Morgan fingerprint density at radius 3 is 2.50 bits per heavy atom. The van der Waals surface area contributed by atoms with Crippen molar-refractivity contribution in [2.45, 2.75) is 40.2 Å². The molecule has 0 radical (unpaired) electrons. The van der Waals surface area contributed by atoms with Gasteiger partial charge in [-0.3, -0.25) is 4.79 Å². The summed E-state index contributed by atoms with van der Waals surface area (Å²) in [5, 5.41) is 6.08. The quantitative estimate of drug-likeness (QED) is 0.766. The number of hydrogen-bond donors (Lipinski definition) is 2. The van der Waals surface area contributed by atoms with E-state index < -0.39 is 0 Å². The van der Waals surface area contributed by atoms with Crippen LogP contribution in [0.15, 0.2) is 18.3 Å². The highest BCUT2D eigenvalue weighted by atomic mass is 16.1. The molecule has 1 amide bonds. The van der Waals surface area contributed by atoms with Crippen molar-refractivity contribution in [3.05, 3.63) is 18.3 Å². The molecule has 0 saturated heterocycles. The van der Waals surface area contributed by atoms with Crippen molar-refractivity contribution in [3.8, 4) is 0 Å². The summed E-state index contributed by atoms with van der Waals surface area (Å²) in [4.78, 5) is 18.3. The van der Waals surface area contributed by atoms with Crippen LogP contribution in [0, 0.1) is 0 Å². The van der Waals surface area contributed by atoms with Gasteiger partial charge in [0, 0.05) is 32.1 Å². The molecule has 1 heterocycles. The lowest BCUT2D eigenvalue weighted by molar-refractivity contribution is -0.116. The van der Waals surface area contributed by atoms with Gasteiger partial charge in [-0.05, 0) is 26.0 Å². The lowest BCUT2D eigenvalue weighted by Gasteiger charge is -2.19. The fourth-order valence-electron chi connectivity index (χ4n) is 1.89. The third-order valence-electron chi connectivity index (χ3n) is 3.02. The Hall–Kier alpha value is -1.62. The van der Waals surface area contributed by atoms with E-state index in [1.807, 2.05) is 12.1 Å². The minimum Gasteiger partial charge on any atom is -0.357 e. The highest BCUT2D eigenvalue weighted by molar-refractivity contribution is 5.90. The third kappa shape index (κ3) is 5.57.